The average molecular weight is 204 g/mol. The SMILES string of the molecule is C=C1CC[C@]23CCC[C@@]2(C1)C(=C)CC3O. The maximum Gasteiger partial charge on any atom is 0.0642 e. The summed E-state index contributed by atoms with van der Waals surface area (Å²) in [4.78, 5) is 0. The molecule has 3 aliphatic carbocycles. The molecular weight excluding hydrogens is 184 g/mol. The number of aliphatic hydroxyl groups is 1. The van der Waals surface area contributed by atoms with E-state index in [2.05, 4.69) is 13.2 Å². The molecule has 0 aliphatic heterocycles. The van der Waals surface area contributed by atoms with Crippen molar-refractivity contribution in [3.05, 3.63) is 24.3 Å². The molecule has 3 saturated carbocycles. The molecule has 0 heterocycles. The molecule has 0 spiro atoms. The van der Waals surface area contributed by atoms with Gasteiger partial charge in [-0.3, -0.25) is 0 Å². The van der Waals surface area contributed by atoms with Gasteiger partial charge in [-0.05, 0) is 38.5 Å². The second-order valence-electron chi connectivity index (χ2n) is 5.84. The van der Waals surface area contributed by atoms with Crippen molar-refractivity contribution in [1.29, 1.82) is 0 Å². The van der Waals surface area contributed by atoms with Crippen LogP contribution in [0.4, 0.5) is 0 Å². The lowest BCUT2D eigenvalue weighted by molar-refractivity contribution is -0.0172. The zero-order valence-electron chi connectivity index (χ0n) is 9.39. The molecule has 3 atom stereocenters. The summed E-state index contributed by atoms with van der Waals surface area (Å²) in [5.41, 5.74) is 3.11. The highest BCUT2D eigenvalue weighted by Crippen LogP contribution is 2.71. The minimum atomic E-state index is -0.124. The van der Waals surface area contributed by atoms with Crippen LogP contribution < -0.4 is 0 Å². The molecule has 0 saturated heterocycles. The van der Waals surface area contributed by atoms with E-state index in [1.165, 1.54) is 30.4 Å². The van der Waals surface area contributed by atoms with Crippen LogP contribution in [0.5, 0.6) is 0 Å². The number of hydrogen-bond donors (Lipinski definition) is 1. The van der Waals surface area contributed by atoms with Crippen molar-refractivity contribution < 1.29 is 5.11 Å². The fraction of sp³-hybridized carbons (Fsp3) is 0.714. The van der Waals surface area contributed by atoms with Gasteiger partial charge in [0.15, 0.2) is 0 Å². The van der Waals surface area contributed by atoms with Gasteiger partial charge in [0, 0.05) is 10.8 Å². The van der Waals surface area contributed by atoms with E-state index in [-0.39, 0.29) is 16.9 Å². The number of allylic oxidation sites excluding steroid dienone is 1. The van der Waals surface area contributed by atoms with Crippen LogP contribution in [0.3, 0.4) is 0 Å². The fourth-order valence-electron chi connectivity index (χ4n) is 4.67. The van der Waals surface area contributed by atoms with Crippen molar-refractivity contribution in [3.63, 3.8) is 0 Å². The van der Waals surface area contributed by atoms with Crippen molar-refractivity contribution >= 4 is 0 Å². The Bertz CT molecular complexity index is 343. The average Bonchev–Trinajstić information content (AvgIpc) is 2.65. The molecule has 0 amide bonds. The van der Waals surface area contributed by atoms with Gasteiger partial charge in [0.25, 0.3) is 0 Å². The maximum atomic E-state index is 10.3. The third-order valence-corrected chi connectivity index (χ3v) is 5.41. The van der Waals surface area contributed by atoms with Gasteiger partial charge < -0.3 is 5.11 Å². The number of aliphatic hydroxyl groups excluding tert-OH is 1. The van der Waals surface area contributed by atoms with E-state index in [9.17, 15) is 5.11 Å². The molecule has 3 fully saturated rings. The number of rotatable bonds is 0. The summed E-state index contributed by atoms with van der Waals surface area (Å²) < 4.78 is 0. The van der Waals surface area contributed by atoms with Crippen LogP contribution in [0.15, 0.2) is 24.3 Å². The van der Waals surface area contributed by atoms with Gasteiger partial charge in [-0.2, -0.15) is 0 Å². The third kappa shape index (κ3) is 0.932. The molecule has 0 radical (unpaired) electrons. The predicted molar refractivity (Wildman–Crippen MR) is 61.5 cm³/mol. The van der Waals surface area contributed by atoms with Gasteiger partial charge >= 0.3 is 0 Å². The van der Waals surface area contributed by atoms with Gasteiger partial charge in [0.05, 0.1) is 6.10 Å². The smallest absolute Gasteiger partial charge is 0.0642 e. The second kappa shape index (κ2) is 2.76. The van der Waals surface area contributed by atoms with E-state index in [4.69, 9.17) is 0 Å². The van der Waals surface area contributed by atoms with E-state index in [1.807, 2.05) is 0 Å². The van der Waals surface area contributed by atoms with Gasteiger partial charge in [-0.25, -0.2) is 0 Å². The molecule has 1 N–H and O–H groups in total. The molecule has 3 aliphatic rings. The highest BCUT2D eigenvalue weighted by Gasteiger charge is 2.64. The van der Waals surface area contributed by atoms with E-state index < -0.39 is 0 Å². The quantitative estimate of drug-likeness (QED) is 0.601. The van der Waals surface area contributed by atoms with Crippen molar-refractivity contribution in [2.75, 3.05) is 0 Å². The van der Waals surface area contributed by atoms with Crippen LogP contribution in [0.2, 0.25) is 0 Å². The lowest BCUT2D eigenvalue weighted by Gasteiger charge is -2.47. The molecule has 0 aromatic rings. The predicted octanol–water partition coefficient (Wildman–Crippen LogP) is 3.20. The minimum Gasteiger partial charge on any atom is -0.392 e. The Balaban J connectivity index is 2.12. The van der Waals surface area contributed by atoms with Crippen molar-refractivity contribution in [1.82, 2.24) is 0 Å². The van der Waals surface area contributed by atoms with Crippen molar-refractivity contribution in [2.45, 2.75) is 51.0 Å². The van der Waals surface area contributed by atoms with Crippen molar-refractivity contribution in [2.24, 2.45) is 10.8 Å². The molecule has 0 bridgehead atoms. The van der Waals surface area contributed by atoms with Crippen molar-refractivity contribution in [3.8, 4) is 0 Å². The fourth-order valence-corrected chi connectivity index (χ4v) is 4.67. The first-order valence-electron chi connectivity index (χ1n) is 6.14. The van der Waals surface area contributed by atoms with Crippen LogP contribution in [0.25, 0.3) is 0 Å². The maximum absolute atomic E-state index is 10.3. The Hall–Kier alpha value is -0.560. The summed E-state index contributed by atoms with van der Waals surface area (Å²) >= 11 is 0. The first-order chi connectivity index (χ1) is 7.11. The highest BCUT2D eigenvalue weighted by atomic mass is 16.3. The van der Waals surface area contributed by atoms with E-state index in [0.29, 0.717) is 0 Å². The molecule has 1 heteroatoms. The monoisotopic (exact) mass is 204 g/mol. The molecule has 82 valence electrons. The van der Waals surface area contributed by atoms with Crippen LogP contribution in [0, 0.1) is 10.8 Å². The van der Waals surface area contributed by atoms with E-state index in [1.54, 1.807) is 0 Å². The first-order valence-corrected chi connectivity index (χ1v) is 6.14. The molecule has 1 unspecified atom stereocenters. The Morgan fingerprint density at radius 1 is 1.20 bits per heavy atom. The summed E-state index contributed by atoms with van der Waals surface area (Å²) in [6.07, 6.45) is 7.79. The zero-order valence-corrected chi connectivity index (χ0v) is 9.39. The highest BCUT2D eigenvalue weighted by molar-refractivity contribution is 5.34. The Morgan fingerprint density at radius 3 is 2.80 bits per heavy atom. The summed E-state index contributed by atoms with van der Waals surface area (Å²) in [7, 11) is 0. The van der Waals surface area contributed by atoms with Crippen LogP contribution in [-0.4, -0.2) is 11.2 Å². The lowest BCUT2D eigenvalue weighted by atomic mass is 9.57. The van der Waals surface area contributed by atoms with Gasteiger partial charge in [-0.1, -0.05) is 30.7 Å². The standard InChI is InChI=1S/C14H20O/c1-10-4-7-13-5-3-6-14(13,9-10)11(2)8-12(13)15/h12,15H,1-9H2/t12?,13-,14+/m0/s1. The summed E-state index contributed by atoms with van der Waals surface area (Å²) in [6, 6.07) is 0. The summed E-state index contributed by atoms with van der Waals surface area (Å²) in [5, 5.41) is 10.3. The van der Waals surface area contributed by atoms with Crippen LogP contribution >= 0.6 is 0 Å². The molecule has 3 rings (SSSR count). The summed E-state index contributed by atoms with van der Waals surface area (Å²) in [6.45, 7) is 8.41. The topological polar surface area (TPSA) is 20.2 Å². The third-order valence-electron chi connectivity index (χ3n) is 5.41. The first kappa shape index (κ1) is 9.65. The van der Waals surface area contributed by atoms with Gasteiger partial charge in [0.1, 0.15) is 0 Å². The molecule has 0 aromatic heterocycles. The number of hydrogen-bond acceptors (Lipinski definition) is 1. The van der Waals surface area contributed by atoms with Crippen LogP contribution in [-0.2, 0) is 0 Å². The largest absolute Gasteiger partial charge is 0.392 e. The Kier molecular flexibility index (Phi) is 1.78. The van der Waals surface area contributed by atoms with Gasteiger partial charge in [0.2, 0.25) is 0 Å². The summed E-state index contributed by atoms with van der Waals surface area (Å²) in [5.74, 6) is 0. The normalized spacial score (nSPS) is 49.3. The second-order valence-corrected chi connectivity index (χ2v) is 5.84. The lowest BCUT2D eigenvalue weighted by Crippen LogP contribution is -2.43. The Labute approximate surface area is 91.9 Å². The van der Waals surface area contributed by atoms with E-state index >= 15 is 0 Å². The van der Waals surface area contributed by atoms with E-state index in [0.717, 1.165) is 25.7 Å². The van der Waals surface area contributed by atoms with Crippen LogP contribution in [0.1, 0.15) is 44.9 Å². The zero-order chi connectivity index (χ0) is 10.7. The minimum absolute atomic E-state index is 0.124. The Morgan fingerprint density at radius 2 is 2.00 bits per heavy atom. The molecule has 0 aromatic carbocycles. The molecule has 15 heavy (non-hydrogen) atoms. The molecule has 1 nitrogen and oxygen atoms in total. The molecular formula is C14H20O. The van der Waals surface area contributed by atoms with Gasteiger partial charge in [-0.15, -0.1) is 0 Å².